The standard InChI is InChI=1S/C29H22F4N6/c30-24-11-9-23(26(13-24)29(31,32)33)16-38(17-25-12-10-22-3-1-2-4-27(22)36-25)18-28-37-35-19-39(28)15-21-7-5-20(14-34)6-8-21/h1-13,19H,15-18H2. The van der Waals surface area contributed by atoms with Crippen LogP contribution in [0.3, 0.4) is 0 Å². The van der Waals surface area contributed by atoms with Crippen molar-refractivity contribution in [2.24, 2.45) is 0 Å². The fourth-order valence-electron chi connectivity index (χ4n) is 4.40. The van der Waals surface area contributed by atoms with Crippen LogP contribution in [0.1, 0.15) is 33.8 Å². The van der Waals surface area contributed by atoms with E-state index < -0.39 is 17.6 Å². The van der Waals surface area contributed by atoms with E-state index in [0.717, 1.165) is 22.5 Å². The Kier molecular flexibility index (Phi) is 7.34. The molecule has 5 rings (SSSR count). The minimum Gasteiger partial charge on any atom is -0.312 e. The molecule has 0 bridgehead atoms. The predicted octanol–water partition coefficient (Wildman–Crippen LogP) is 6.11. The van der Waals surface area contributed by atoms with Crippen LogP contribution in [0, 0.1) is 17.1 Å². The van der Waals surface area contributed by atoms with E-state index in [0.29, 0.717) is 29.7 Å². The molecule has 0 aliphatic heterocycles. The summed E-state index contributed by atoms with van der Waals surface area (Å²) in [5.41, 5.74) is 1.83. The number of hydrogen-bond donors (Lipinski definition) is 0. The molecule has 0 spiro atoms. The lowest BCUT2D eigenvalue weighted by molar-refractivity contribution is -0.138. The molecule has 0 aliphatic carbocycles. The molecule has 5 aromatic rings. The number of fused-ring (bicyclic) bond motifs is 1. The molecule has 196 valence electrons. The van der Waals surface area contributed by atoms with E-state index in [-0.39, 0.29) is 25.2 Å². The smallest absolute Gasteiger partial charge is 0.312 e. The van der Waals surface area contributed by atoms with Gasteiger partial charge in [0, 0.05) is 18.5 Å². The highest BCUT2D eigenvalue weighted by molar-refractivity contribution is 5.78. The van der Waals surface area contributed by atoms with Crippen LogP contribution in [0.4, 0.5) is 17.6 Å². The fraction of sp³-hybridized carbons (Fsp3) is 0.172. The van der Waals surface area contributed by atoms with Crippen molar-refractivity contribution in [3.63, 3.8) is 0 Å². The maximum absolute atomic E-state index is 13.8. The van der Waals surface area contributed by atoms with Gasteiger partial charge in [-0.3, -0.25) is 9.88 Å². The van der Waals surface area contributed by atoms with Crippen LogP contribution < -0.4 is 0 Å². The Morgan fingerprint density at radius 2 is 1.69 bits per heavy atom. The lowest BCUT2D eigenvalue weighted by Gasteiger charge is -2.24. The topological polar surface area (TPSA) is 70.6 Å². The van der Waals surface area contributed by atoms with E-state index in [9.17, 15) is 17.6 Å². The minimum absolute atomic E-state index is 0.0529. The molecule has 0 amide bonds. The van der Waals surface area contributed by atoms with Crippen molar-refractivity contribution in [1.29, 1.82) is 5.26 Å². The molecule has 0 radical (unpaired) electrons. The summed E-state index contributed by atoms with van der Waals surface area (Å²) in [5.74, 6) is -0.410. The number of para-hydroxylation sites is 1. The molecule has 3 aromatic carbocycles. The summed E-state index contributed by atoms with van der Waals surface area (Å²) < 4.78 is 56.9. The largest absolute Gasteiger partial charge is 0.416 e. The Balaban J connectivity index is 1.45. The molecular formula is C29H22F4N6. The molecule has 0 saturated carbocycles. The van der Waals surface area contributed by atoms with Crippen LogP contribution in [0.15, 0.2) is 85.2 Å². The quantitative estimate of drug-likeness (QED) is 0.227. The number of nitrogens with zero attached hydrogens (tertiary/aromatic N) is 6. The van der Waals surface area contributed by atoms with E-state index in [4.69, 9.17) is 5.26 Å². The predicted molar refractivity (Wildman–Crippen MR) is 136 cm³/mol. The monoisotopic (exact) mass is 530 g/mol. The highest BCUT2D eigenvalue weighted by atomic mass is 19.4. The number of pyridine rings is 1. The average Bonchev–Trinajstić information content (AvgIpc) is 3.35. The van der Waals surface area contributed by atoms with Crippen molar-refractivity contribution in [2.75, 3.05) is 0 Å². The molecule has 6 nitrogen and oxygen atoms in total. The first-order valence-corrected chi connectivity index (χ1v) is 12.1. The van der Waals surface area contributed by atoms with Gasteiger partial charge < -0.3 is 4.57 Å². The molecule has 0 unspecified atom stereocenters. The zero-order chi connectivity index (χ0) is 27.4. The average molecular weight is 531 g/mol. The Hall–Kier alpha value is -4.62. The Morgan fingerprint density at radius 1 is 0.897 bits per heavy atom. The van der Waals surface area contributed by atoms with E-state index >= 15 is 0 Å². The zero-order valence-electron chi connectivity index (χ0n) is 20.6. The summed E-state index contributed by atoms with van der Waals surface area (Å²) in [5, 5.41) is 18.2. The number of halogens is 4. The van der Waals surface area contributed by atoms with Crippen molar-refractivity contribution in [2.45, 2.75) is 32.4 Å². The summed E-state index contributed by atoms with van der Waals surface area (Å²) in [4.78, 5) is 6.46. The first kappa shape index (κ1) is 26.0. The van der Waals surface area contributed by atoms with Crippen molar-refractivity contribution < 1.29 is 17.6 Å². The van der Waals surface area contributed by atoms with Gasteiger partial charge >= 0.3 is 6.18 Å². The van der Waals surface area contributed by atoms with Gasteiger partial charge in [0.25, 0.3) is 0 Å². The number of aromatic nitrogens is 4. The SMILES string of the molecule is N#Cc1ccc(Cn2cnnc2CN(Cc2ccc3ccccc3n2)Cc2ccc(F)cc2C(F)(F)F)cc1. The van der Waals surface area contributed by atoms with E-state index in [1.165, 1.54) is 6.07 Å². The Bertz CT molecular complexity index is 1640. The van der Waals surface area contributed by atoms with Crippen molar-refractivity contribution >= 4 is 10.9 Å². The molecule has 2 aromatic heterocycles. The second kappa shape index (κ2) is 11.0. The highest BCUT2D eigenvalue weighted by Gasteiger charge is 2.34. The Morgan fingerprint density at radius 3 is 2.46 bits per heavy atom. The molecule has 0 atom stereocenters. The van der Waals surface area contributed by atoms with Gasteiger partial charge in [-0.1, -0.05) is 42.5 Å². The lowest BCUT2D eigenvalue weighted by Crippen LogP contribution is -2.26. The third-order valence-electron chi connectivity index (χ3n) is 6.31. The molecule has 39 heavy (non-hydrogen) atoms. The van der Waals surface area contributed by atoms with Gasteiger partial charge in [0.15, 0.2) is 0 Å². The first-order valence-electron chi connectivity index (χ1n) is 12.1. The van der Waals surface area contributed by atoms with Crippen LogP contribution in [-0.2, 0) is 32.4 Å². The maximum atomic E-state index is 13.8. The van der Waals surface area contributed by atoms with Crippen LogP contribution >= 0.6 is 0 Å². The minimum atomic E-state index is -4.71. The van der Waals surface area contributed by atoms with Crippen molar-refractivity contribution in [1.82, 2.24) is 24.6 Å². The van der Waals surface area contributed by atoms with Crippen molar-refractivity contribution in [3.05, 3.63) is 125 Å². The third kappa shape index (κ3) is 6.27. The molecule has 0 saturated heterocycles. The number of rotatable bonds is 8. The molecule has 0 aliphatic rings. The van der Waals surface area contributed by atoms with E-state index in [1.54, 1.807) is 27.9 Å². The van der Waals surface area contributed by atoms with Gasteiger partial charge in [0.2, 0.25) is 0 Å². The zero-order valence-corrected chi connectivity index (χ0v) is 20.6. The van der Waals surface area contributed by atoms with Gasteiger partial charge in [-0.25, -0.2) is 4.39 Å². The molecule has 10 heteroatoms. The summed E-state index contributed by atoms with van der Waals surface area (Å²) in [6.07, 6.45) is -3.15. The van der Waals surface area contributed by atoms with Crippen LogP contribution in [0.5, 0.6) is 0 Å². The second-order valence-corrected chi connectivity index (χ2v) is 9.12. The molecule has 0 N–H and O–H groups in total. The third-order valence-corrected chi connectivity index (χ3v) is 6.31. The van der Waals surface area contributed by atoms with E-state index in [2.05, 4.69) is 21.3 Å². The summed E-state index contributed by atoms with van der Waals surface area (Å²) >= 11 is 0. The normalized spacial score (nSPS) is 11.7. The Labute approximate surface area is 221 Å². The number of hydrogen-bond acceptors (Lipinski definition) is 5. The van der Waals surface area contributed by atoms with Gasteiger partial charge in [-0.15, -0.1) is 10.2 Å². The molecular weight excluding hydrogens is 508 g/mol. The van der Waals surface area contributed by atoms with Crippen LogP contribution in [-0.4, -0.2) is 24.6 Å². The first-order chi connectivity index (χ1) is 18.8. The summed E-state index contributed by atoms with van der Waals surface area (Å²) in [6.45, 7) is 0.691. The van der Waals surface area contributed by atoms with Gasteiger partial charge in [0.05, 0.1) is 41.5 Å². The van der Waals surface area contributed by atoms with Gasteiger partial charge in [-0.2, -0.15) is 18.4 Å². The number of nitriles is 1. The summed E-state index contributed by atoms with van der Waals surface area (Å²) in [7, 11) is 0. The molecule has 2 heterocycles. The summed E-state index contributed by atoms with van der Waals surface area (Å²) in [6, 6.07) is 23.2. The van der Waals surface area contributed by atoms with Gasteiger partial charge in [0.1, 0.15) is 18.0 Å². The van der Waals surface area contributed by atoms with Gasteiger partial charge in [-0.05, 0) is 47.5 Å². The number of alkyl halides is 3. The maximum Gasteiger partial charge on any atom is 0.416 e. The highest BCUT2D eigenvalue weighted by Crippen LogP contribution is 2.33. The van der Waals surface area contributed by atoms with Crippen molar-refractivity contribution in [3.8, 4) is 6.07 Å². The van der Waals surface area contributed by atoms with E-state index in [1.807, 2.05) is 48.5 Å². The second-order valence-electron chi connectivity index (χ2n) is 9.12. The van der Waals surface area contributed by atoms with Crippen LogP contribution in [0.25, 0.3) is 10.9 Å². The molecule has 0 fully saturated rings. The number of benzene rings is 3. The van der Waals surface area contributed by atoms with Crippen LogP contribution in [0.2, 0.25) is 0 Å². The fourth-order valence-corrected chi connectivity index (χ4v) is 4.40. The lowest BCUT2D eigenvalue weighted by atomic mass is 10.1.